The van der Waals surface area contributed by atoms with Crippen molar-refractivity contribution in [2.75, 3.05) is 6.67 Å². The number of hydrogen-bond donors (Lipinski definition) is 0. The number of allylic oxidation sites excluding steroid dienone is 1. The highest BCUT2D eigenvalue weighted by atomic mass is 19.1. The second-order valence-electron chi connectivity index (χ2n) is 7.83. The molecule has 0 fully saturated rings. The minimum Gasteiger partial charge on any atom is -0.461 e. The summed E-state index contributed by atoms with van der Waals surface area (Å²) in [6.45, 7) is 10.5. The van der Waals surface area contributed by atoms with Crippen LogP contribution in [0.25, 0.3) is 0 Å². The Morgan fingerprint density at radius 1 is 1.11 bits per heavy atom. The summed E-state index contributed by atoms with van der Waals surface area (Å²) in [5.74, 6) is -2.50. The van der Waals surface area contributed by atoms with Crippen LogP contribution in [-0.2, 0) is 25.7 Å². The molecule has 1 aromatic rings. The third-order valence-corrected chi connectivity index (χ3v) is 3.94. The Kier molecular flexibility index (Phi) is 9.19. The van der Waals surface area contributed by atoms with Crippen LogP contribution >= 0.6 is 0 Å². The zero-order valence-electron chi connectivity index (χ0n) is 16.8. The molecule has 0 spiro atoms. The van der Waals surface area contributed by atoms with Gasteiger partial charge in [0.15, 0.2) is 0 Å². The van der Waals surface area contributed by atoms with Crippen LogP contribution in [0.4, 0.5) is 4.39 Å². The van der Waals surface area contributed by atoms with E-state index in [2.05, 4.69) is 6.58 Å². The molecule has 0 unspecified atom stereocenters. The number of carbonyl (C=O) groups is 2. The highest BCUT2D eigenvalue weighted by molar-refractivity contribution is 5.82. The Hall–Kier alpha value is -2.17. The minimum atomic E-state index is -0.768. The van der Waals surface area contributed by atoms with Gasteiger partial charge >= 0.3 is 11.9 Å². The lowest BCUT2D eigenvalue weighted by molar-refractivity contribution is -0.169. The van der Waals surface area contributed by atoms with E-state index in [4.69, 9.17) is 9.47 Å². The Morgan fingerprint density at radius 3 is 2.26 bits per heavy atom. The maximum Gasteiger partial charge on any atom is 0.310 e. The second kappa shape index (κ2) is 10.9. The Balaban J connectivity index is 2.96. The molecule has 4 nitrogen and oxygen atoms in total. The zero-order chi connectivity index (χ0) is 20.4. The number of esters is 2. The molecular formula is C22H31FO4. The first kappa shape index (κ1) is 22.9. The van der Waals surface area contributed by atoms with Crippen molar-refractivity contribution in [2.45, 2.75) is 59.2 Å². The van der Waals surface area contributed by atoms with E-state index in [1.807, 2.05) is 30.3 Å². The van der Waals surface area contributed by atoms with Crippen LogP contribution in [0.5, 0.6) is 0 Å². The highest BCUT2D eigenvalue weighted by Crippen LogP contribution is 2.29. The quantitative estimate of drug-likeness (QED) is 0.424. The number of alkyl halides is 1. The van der Waals surface area contributed by atoms with E-state index in [-0.39, 0.29) is 19.4 Å². The predicted octanol–water partition coefficient (Wildman–Crippen LogP) is 5.02. The van der Waals surface area contributed by atoms with Crippen molar-refractivity contribution in [1.29, 1.82) is 0 Å². The summed E-state index contributed by atoms with van der Waals surface area (Å²) in [6.07, 6.45) is 0.703. The summed E-state index contributed by atoms with van der Waals surface area (Å²) in [5.41, 5.74) is 0.930. The molecule has 0 saturated heterocycles. The fourth-order valence-electron chi connectivity index (χ4n) is 2.76. The molecule has 0 heterocycles. The van der Waals surface area contributed by atoms with Gasteiger partial charge in [-0.1, -0.05) is 35.9 Å². The summed E-state index contributed by atoms with van der Waals surface area (Å²) < 4.78 is 23.7. The molecule has 0 saturated carbocycles. The molecule has 1 aromatic carbocycles. The number of rotatable bonds is 10. The topological polar surface area (TPSA) is 52.6 Å². The number of carbonyl (C=O) groups excluding carboxylic acids is 2. The lowest BCUT2D eigenvalue weighted by atomic mass is 9.84. The first-order valence-corrected chi connectivity index (χ1v) is 9.28. The predicted molar refractivity (Wildman–Crippen MR) is 104 cm³/mol. The Morgan fingerprint density at radius 2 is 1.74 bits per heavy atom. The van der Waals surface area contributed by atoms with Crippen molar-refractivity contribution in [3.8, 4) is 0 Å². The molecule has 2 atom stereocenters. The number of hydrogen-bond acceptors (Lipinski definition) is 4. The van der Waals surface area contributed by atoms with Crippen LogP contribution in [0, 0.1) is 11.8 Å². The fourth-order valence-corrected chi connectivity index (χ4v) is 2.76. The molecule has 0 radical (unpaired) electrons. The summed E-state index contributed by atoms with van der Waals surface area (Å²) in [6, 6.07) is 9.29. The molecule has 0 amide bonds. The van der Waals surface area contributed by atoms with Crippen molar-refractivity contribution >= 4 is 11.9 Å². The monoisotopic (exact) mass is 378 g/mol. The van der Waals surface area contributed by atoms with Gasteiger partial charge < -0.3 is 9.47 Å². The average molecular weight is 378 g/mol. The summed E-state index contributed by atoms with van der Waals surface area (Å²) >= 11 is 0. The van der Waals surface area contributed by atoms with Gasteiger partial charge in [-0.25, -0.2) is 0 Å². The van der Waals surface area contributed by atoms with Gasteiger partial charge in [-0.05, 0) is 52.5 Å². The van der Waals surface area contributed by atoms with Gasteiger partial charge in [-0.2, -0.15) is 0 Å². The van der Waals surface area contributed by atoms with E-state index >= 15 is 0 Å². The van der Waals surface area contributed by atoms with Gasteiger partial charge in [0.05, 0.1) is 18.5 Å². The van der Waals surface area contributed by atoms with E-state index in [0.717, 1.165) is 11.1 Å². The first-order valence-electron chi connectivity index (χ1n) is 9.28. The van der Waals surface area contributed by atoms with Gasteiger partial charge in [0.1, 0.15) is 12.2 Å². The van der Waals surface area contributed by atoms with Gasteiger partial charge in [0.2, 0.25) is 0 Å². The molecule has 0 aliphatic heterocycles. The van der Waals surface area contributed by atoms with Crippen molar-refractivity contribution in [1.82, 2.24) is 0 Å². The third-order valence-electron chi connectivity index (χ3n) is 3.94. The van der Waals surface area contributed by atoms with Crippen molar-refractivity contribution in [2.24, 2.45) is 11.8 Å². The van der Waals surface area contributed by atoms with E-state index in [1.165, 1.54) is 0 Å². The normalized spacial score (nSPS) is 13.5. The van der Waals surface area contributed by atoms with Gasteiger partial charge in [0.25, 0.3) is 0 Å². The largest absolute Gasteiger partial charge is 0.461 e. The second-order valence-corrected chi connectivity index (χ2v) is 7.83. The van der Waals surface area contributed by atoms with Crippen molar-refractivity contribution < 1.29 is 23.5 Å². The van der Waals surface area contributed by atoms with E-state index in [9.17, 15) is 14.0 Å². The SMILES string of the molecule is C=C(C)C[C@H](C(=O)OC(C)(C)C)[C@@H](CCCF)C(=O)OCc1ccccc1. The average Bonchev–Trinajstić information content (AvgIpc) is 2.58. The van der Waals surface area contributed by atoms with Crippen LogP contribution in [0.2, 0.25) is 0 Å². The molecule has 0 aliphatic rings. The zero-order valence-corrected chi connectivity index (χ0v) is 16.8. The van der Waals surface area contributed by atoms with Crippen LogP contribution < -0.4 is 0 Å². The minimum absolute atomic E-state index is 0.111. The van der Waals surface area contributed by atoms with E-state index in [0.29, 0.717) is 6.42 Å². The highest BCUT2D eigenvalue weighted by Gasteiger charge is 2.37. The van der Waals surface area contributed by atoms with Crippen LogP contribution in [-0.4, -0.2) is 24.2 Å². The first-order chi connectivity index (χ1) is 12.6. The molecule has 150 valence electrons. The maximum absolute atomic E-state index is 12.8. The van der Waals surface area contributed by atoms with Crippen LogP contribution in [0.15, 0.2) is 42.5 Å². The van der Waals surface area contributed by atoms with Crippen LogP contribution in [0.3, 0.4) is 0 Å². The Labute approximate surface area is 161 Å². The summed E-state index contributed by atoms with van der Waals surface area (Å²) in [4.78, 5) is 25.4. The number of ether oxygens (including phenoxy) is 2. The standard InChI is InChI=1S/C22H31FO4/c1-16(2)14-19(21(25)27-22(3,4)5)18(12-9-13-23)20(24)26-15-17-10-7-6-8-11-17/h6-8,10-11,18-19H,1,9,12-15H2,2-5H3/t18-,19+/m1/s1. The lowest BCUT2D eigenvalue weighted by Gasteiger charge is -2.28. The van der Waals surface area contributed by atoms with Gasteiger partial charge in [0, 0.05) is 0 Å². The maximum atomic E-state index is 12.8. The number of halogens is 1. The third kappa shape index (κ3) is 8.85. The van der Waals surface area contributed by atoms with E-state index in [1.54, 1.807) is 27.7 Å². The lowest BCUT2D eigenvalue weighted by Crippen LogP contribution is -2.36. The van der Waals surface area contributed by atoms with Gasteiger partial charge in [-0.15, -0.1) is 6.58 Å². The van der Waals surface area contributed by atoms with Crippen molar-refractivity contribution in [3.05, 3.63) is 48.0 Å². The molecule has 0 aromatic heterocycles. The molecular weight excluding hydrogens is 347 g/mol. The van der Waals surface area contributed by atoms with Crippen LogP contribution in [0.1, 0.15) is 52.5 Å². The molecule has 27 heavy (non-hydrogen) atoms. The molecule has 0 bridgehead atoms. The molecule has 0 aliphatic carbocycles. The summed E-state index contributed by atoms with van der Waals surface area (Å²) in [7, 11) is 0. The summed E-state index contributed by atoms with van der Waals surface area (Å²) in [5, 5.41) is 0. The fraction of sp³-hybridized carbons (Fsp3) is 0.545. The van der Waals surface area contributed by atoms with Gasteiger partial charge in [-0.3, -0.25) is 14.0 Å². The Bertz CT molecular complexity index is 619. The number of benzene rings is 1. The smallest absolute Gasteiger partial charge is 0.310 e. The van der Waals surface area contributed by atoms with E-state index < -0.39 is 36.1 Å². The molecule has 1 rings (SSSR count). The molecule has 0 N–H and O–H groups in total. The molecule has 5 heteroatoms. The van der Waals surface area contributed by atoms with Crippen molar-refractivity contribution in [3.63, 3.8) is 0 Å².